The van der Waals surface area contributed by atoms with Crippen molar-refractivity contribution in [2.75, 3.05) is 10.6 Å². The van der Waals surface area contributed by atoms with Crippen LogP contribution >= 0.6 is 0 Å². The van der Waals surface area contributed by atoms with E-state index in [-0.39, 0.29) is 17.2 Å². The second-order valence-corrected chi connectivity index (χ2v) is 5.49. The number of aromatic nitrogens is 2. The van der Waals surface area contributed by atoms with Gasteiger partial charge in [-0.05, 0) is 39.0 Å². The van der Waals surface area contributed by atoms with Crippen molar-refractivity contribution in [3.05, 3.63) is 41.8 Å². The standard InChI is InChI=1S/C14H15F3N4/c1-14(2,3)21-10-6-7-18-13(20-10)19-9-5-4-8(15)11(16)12(9)17/h4-7H,1-3H3,(H2,18,19,20,21). The molecular weight excluding hydrogens is 281 g/mol. The molecule has 0 aliphatic rings. The Kier molecular flexibility index (Phi) is 4.02. The predicted molar refractivity (Wildman–Crippen MR) is 75.0 cm³/mol. The summed E-state index contributed by atoms with van der Waals surface area (Å²) in [6.07, 6.45) is 1.47. The molecule has 0 bridgehead atoms. The van der Waals surface area contributed by atoms with Gasteiger partial charge in [-0.15, -0.1) is 0 Å². The van der Waals surface area contributed by atoms with Gasteiger partial charge in [0.05, 0.1) is 5.69 Å². The lowest BCUT2D eigenvalue weighted by Gasteiger charge is -2.21. The third-order valence-electron chi connectivity index (χ3n) is 2.44. The van der Waals surface area contributed by atoms with Gasteiger partial charge in [0.15, 0.2) is 17.5 Å². The molecule has 1 heterocycles. The first-order chi connectivity index (χ1) is 9.76. The van der Waals surface area contributed by atoms with Gasteiger partial charge in [-0.25, -0.2) is 18.2 Å². The van der Waals surface area contributed by atoms with E-state index in [0.29, 0.717) is 5.82 Å². The highest BCUT2D eigenvalue weighted by atomic mass is 19.2. The number of anilines is 3. The lowest BCUT2D eigenvalue weighted by Crippen LogP contribution is -2.26. The summed E-state index contributed by atoms with van der Waals surface area (Å²) in [6, 6.07) is 3.57. The highest BCUT2D eigenvalue weighted by Gasteiger charge is 2.15. The van der Waals surface area contributed by atoms with E-state index in [4.69, 9.17) is 0 Å². The van der Waals surface area contributed by atoms with Crippen molar-refractivity contribution in [3.63, 3.8) is 0 Å². The number of rotatable bonds is 3. The molecule has 0 radical (unpaired) electrons. The fourth-order valence-electron chi connectivity index (χ4n) is 1.62. The minimum atomic E-state index is -1.54. The van der Waals surface area contributed by atoms with Gasteiger partial charge >= 0.3 is 0 Å². The molecule has 0 aliphatic carbocycles. The second kappa shape index (κ2) is 5.59. The van der Waals surface area contributed by atoms with Crippen LogP contribution in [-0.2, 0) is 0 Å². The molecule has 0 amide bonds. The zero-order chi connectivity index (χ0) is 15.6. The third kappa shape index (κ3) is 3.84. The summed E-state index contributed by atoms with van der Waals surface area (Å²) >= 11 is 0. The van der Waals surface area contributed by atoms with Crippen LogP contribution < -0.4 is 10.6 Å². The molecule has 2 aromatic rings. The first kappa shape index (κ1) is 15.1. The molecule has 4 nitrogen and oxygen atoms in total. The second-order valence-electron chi connectivity index (χ2n) is 5.49. The quantitative estimate of drug-likeness (QED) is 0.845. The fourth-order valence-corrected chi connectivity index (χ4v) is 1.62. The van der Waals surface area contributed by atoms with Crippen molar-refractivity contribution in [2.24, 2.45) is 0 Å². The van der Waals surface area contributed by atoms with Gasteiger partial charge in [-0.3, -0.25) is 0 Å². The number of hydrogen-bond acceptors (Lipinski definition) is 4. The average molecular weight is 296 g/mol. The summed E-state index contributed by atoms with van der Waals surface area (Å²) in [7, 11) is 0. The van der Waals surface area contributed by atoms with Crippen molar-refractivity contribution in [1.82, 2.24) is 9.97 Å². The minimum absolute atomic E-state index is 0.0779. The van der Waals surface area contributed by atoms with Crippen molar-refractivity contribution in [2.45, 2.75) is 26.3 Å². The average Bonchev–Trinajstić information content (AvgIpc) is 2.38. The Bertz CT molecular complexity index is 653. The topological polar surface area (TPSA) is 49.8 Å². The van der Waals surface area contributed by atoms with Crippen LogP contribution in [0.2, 0.25) is 0 Å². The van der Waals surface area contributed by atoms with Gasteiger partial charge in [0.1, 0.15) is 5.82 Å². The zero-order valence-corrected chi connectivity index (χ0v) is 11.8. The van der Waals surface area contributed by atoms with E-state index in [0.717, 1.165) is 12.1 Å². The Balaban J connectivity index is 2.24. The third-order valence-corrected chi connectivity index (χ3v) is 2.44. The normalized spacial score (nSPS) is 11.3. The molecule has 1 aromatic heterocycles. The van der Waals surface area contributed by atoms with E-state index >= 15 is 0 Å². The Hall–Kier alpha value is -2.31. The summed E-state index contributed by atoms with van der Waals surface area (Å²) < 4.78 is 39.6. The molecule has 21 heavy (non-hydrogen) atoms. The zero-order valence-electron chi connectivity index (χ0n) is 11.8. The minimum Gasteiger partial charge on any atom is -0.365 e. The van der Waals surface area contributed by atoms with Crippen LogP contribution in [0.5, 0.6) is 0 Å². The number of nitrogens with zero attached hydrogens (tertiary/aromatic N) is 2. The summed E-state index contributed by atoms with van der Waals surface area (Å²) in [5, 5.41) is 5.65. The number of hydrogen-bond donors (Lipinski definition) is 2. The van der Waals surface area contributed by atoms with E-state index in [1.165, 1.54) is 6.20 Å². The molecule has 0 aliphatic heterocycles. The van der Waals surface area contributed by atoms with Crippen LogP contribution in [0.15, 0.2) is 24.4 Å². The smallest absolute Gasteiger partial charge is 0.229 e. The number of nitrogens with one attached hydrogen (secondary N) is 2. The molecule has 1 aromatic carbocycles. The molecule has 0 atom stereocenters. The molecule has 0 unspecified atom stereocenters. The van der Waals surface area contributed by atoms with E-state index in [1.54, 1.807) is 6.07 Å². The molecule has 0 saturated carbocycles. The van der Waals surface area contributed by atoms with Crippen molar-refractivity contribution >= 4 is 17.5 Å². The summed E-state index contributed by atoms with van der Waals surface area (Å²) in [6.45, 7) is 5.87. The highest BCUT2D eigenvalue weighted by Crippen LogP contribution is 2.22. The van der Waals surface area contributed by atoms with Crippen LogP contribution in [0.4, 0.5) is 30.6 Å². The Morgan fingerprint density at radius 3 is 2.38 bits per heavy atom. The van der Waals surface area contributed by atoms with Crippen LogP contribution in [0, 0.1) is 17.5 Å². The van der Waals surface area contributed by atoms with E-state index in [1.807, 2.05) is 20.8 Å². The molecule has 7 heteroatoms. The molecule has 0 saturated heterocycles. The van der Waals surface area contributed by atoms with Gasteiger partial charge in [0.2, 0.25) is 5.95 Å². The van der Waals surface area contributed by atoms with Gasteiger partial charge in [-0.1, -0.05) is 0 Å². The molecule has 0 fully saturated rings. The maximum atomic E-state index is 13.6. The van der Waals surface area contributed by atoms with Crippen LogP contribution in [0.3, 0.4) is 0 Å². The van der Waals surface area contributed by atoms with Crippen LogP contribution in [-0.4, -0.2) is 15.5 Å². The van der Waals surface area contributed by atoms with Gasteiger partial charge in [0, 0.05) is 11.7 Å². The maximum absolute atomic E-state index is 13.6. The Morgan fingerprint density at radius 2 is 1.71 bits per heavy atom. The van der Waals surface area contributed by atoms with E-state index < -0.39 is 17.5 Å². The van der Waals surface area contributed by atoms with Gasteiger partial charge in [0.25, 0.3) is 0 Å². The van der Waals surface area contributed by atoms with Crippen molar-refractivity contribution in [3.8, 4) is 0 Å². The monoisotopic (exact) mass is 296 g/mol. The summed E-state index contributed by atoms with van der Waals surface area (Å²) in [4.78, 5) is 8.04. The predicted octanol–water partition coefficient (Wildman–Crippen LogP) is 3.85. The van der Waals surface area contributed by atoms with Crippen molar-refractivity contribution < 1.29 is 13.2 Å². The molecule has 2 N–H and O–H groups in total. The number of halogens is 3. The SMILES string of the molecule is CC(C)(C)Nc1ccnc(Nc2ccc(F)c(F)c2F)n1. The first-order valence-corrected chi connectivity index (χ1v) is 6.28. The summed E-state index contributed by atoms with van der Waals surface area (Å²) in [5.41, 5.74) is -0.444. The Morgan fingerprint density at radius 1 is 1.00 bits per heavy atom. The maximum Gasteiger partial charge on any atom is 0.229 e. The fraction of sp³-hybridized carbons (Fsp3) is 0.286. The van der Waals surface area contributed by atoms with E-state index in [2.05, 4.69) is 20.6 Å². The summed E-state index contributed by atoms with van der Waals surface area (Å²) in [5.74, 6) is -3.49. The van der Waals surface area contributed by atoms with Crippen LogP contribution in [0.1, 0.15) is 20.8 Å². The van der Waals surface area contributed by atoms with Crippen LogP contribution in [0.25, 0.3) is 0 Å². The van der Waals surface area contributed by atoms with Gasteiger partial charge in [-0.2, -0.15) is 4.98 Å². The molecule has 112 valence electrons. The number of benzene rings is 1. The first-order valence-electron chi connectivity index (χ1n) is 6.28. The highest BCUT2D eigenvalue weighted by molar-refractivity contribution is 5.55. The Labute approximate surface area is 120 Å². The lowest BCUT2D eigenvalue weighted by atomic mass is 10.1. The van der Waals surface area contributed by atoms with Crippen molar-refractivity contribution in [1.29, 1.82) is 0 Å². The molecular formula is C14H15F3N4. The lowest BCUT2D eigenvalue weighted by molar-refractivity contribution is 0.449. The molecule has 2 rings (SSSR count). The largest absolute Gasteiger partial charge is 0.365 e. The van der Waals surface area contributed by atoms with Gasteiger partial charge < -0.3 is 10.6 Å². The van der Waals surface area contributed by atoms with E-state index in [9.17, 15) is 13.2 Å². The molecule has 0 spiro atoms.